The summed E-state index contributed by atoms with van der Waals surface area (Å²) in [6.45, 7) is -0.180. The van der Waals surface area contributed by atoms with Crippen molar-refractivity contribution in [2.75, 3.05) is 6.61 Å². The first kappa shape index (κ1) is 15.3. The van der Waals surface area contributed by atoms with Crippen molar-refractivity contribution in [2.24, 2.45) is 4.40 Å². The lowest BCUT2D eigenvalue weighted by molar-refractivity contribution is 0.128. The lowest BCUT2D eigenvalue weighted by atomic mass is 9.97. The fourth-order valence-electron chi connectivity index (χ4n) is 3.02. The van der Waals surface area contributed by atoms with E-state index in [1.165, 1.54) is 0 Å². The van der Waals surface area contributed by atoms with E-state index < -0.39 is 21.3 Å². The summed E-state index contributed by atoms with van der Waals surface area (Å²) in [6, 6.07) is 8.85. The quantitative estimate of drug-likeness (QED) is 0.876. The highest BCUT2D eigenvalue weighted by Crippen LogP contribution is 2.31. The van der Waals surface area contributed by atoms with Crippen LogP contribution in [0, 0.1) is 0 Å². The van der Waals surface area contributed by atoms with Crippen LogP contribution < -0.4 is 5.32 Å². The lowest BCUT2D eigenvalue weighted by Gasteiger charge is -2.34. The van der Waals surface area contributed by atoms with Crippen LogP contribution in [0.25, 0.3) is 0 Å². The van der Waals surface area contributed by atoms with Crippen LogP contribution in [0.4, 0.5) is 0 Å². The summed E-state index contributed by atoms with van der Waals surface area (Å²) in [5, 5.41) is 11.9. The average molecular weight is 324 g/mol. The Morgan fingerprint density at radius 3 is 2.73 bits per heavy atom. The Morgan fingerprint density at radius 2 is 2.00 bits per heavy atom. The van der Waals surface area contributed by atoms with E-state index in [-0.39, 0.29) is 18.7 Å². The van der Waals surface area contributed by atoms with Crippen LogP contribution in [0.1, 0.15) is 37.3 Å². The Labute approximate surface area is 130 Å². The number of aliphatic hydroxyl groups excluding tert-OH is 1. The van der Waals surface area contributed by atoms with Crippen molar-refractivity contribution in [1.29, 1.82) is 0 Å². The van der Waals surface area contributed by atoms with Gasteiger partial charge in [0.1, 0.15) is 11.4 Å². The molecule has 2 unspecified atom stereocenters. The number of nitrogens with one attached hydrogen (secondary N) is 1. The van der Waals surface area contributed by atoms with E-state index in [4.69, 9.17) is 4.74 Å². The molecule has 120 valence electrons. The summed E-state index contributed by atoms with van der Waals surface area (Å²) in [5.41, 5.74) is 0.847. The first-order valence-corrected chi connectivity index (χ1v) is 9.03. The molecule has 0 spiro atoms. The van der Waals surface area contributed by atoms with Crippen molar-refractivity contribution < 1.29 is 18.3 Å². The molecule has 0 amide bonds. The molecule has 1 aliphatic carbocycles. The highest BCUT2D eigenvalue weighted by Gasteiger charge is 2.41. The third-order valence-electron chi connectivity index (χ3n) is 4.18. The van der Waals surface area contributed by atoms with Gasteiger partial charge in [-0.25, -0.2) is 8.42 Å². The number of aliphatic hydroxyl groups is 1. The van der Waals surface area contributed by atoms with Gasteiger partial charge < -0.3 is 15.2 Å². The number of sulfonamides is 1. The van der Waals surface area contributed by atoms with Crippen LogP contribution in [0.2, 0.25) is 0 Å². The van der Waals surface area contributed by atoms with Crippen molar-refractivity contribution in [2.45, 2.75) is 43.1 Å². The summed E-state index contributed by atoms with van der Waals surface area (Å²) in [7, 11) is -3.55. The smallest absolute Gasteiger partial charge is 0.301 e. The van der Waals surface area contributed by atoms with Gasteiger partial charge in [0, 0.05) is 0 Å². The number of nitrogens with zero attached hydrogens (tertiary/aromatic N) is 1. The van der Waals surface area contributed by atoms with Gasteiger partial charge in [-0.3, -0.25) is 0 Å². The third kappa shape index (κ3) is 3.10. The SMILES string of the molecule is O=S1(=O)N=C(N[C@H](CO)c2ccccc2)OC2CCCCC21. The largest absolute Gasteiger partial charge is 0.460 e. The molecular weight excluding hydrogens is 304 g/mol. The summed E-state index contributed by atoms with van der Waals surface area (Å²) >= 11 is 0. The molecule has 3 rings (SSSR count). The van der Waals surface area contributed by atoms with Crippen molar-refractivity contribution in [3.63, 3.8) is 0 Å². The van der Waals surface area contributed by atoms with Gasteiger partial charge in [-0.1, -0.05) is 36.8 Å². The van der Waals surface area contributed by atoms with Crippen LogP contribution in [0.15, 0.2) is 34.7 Å². The molecule has 0 bridgehead atoms. The number of benzene rings is 1. The molecule has 1 fully saturated rings. The zero-order valence-corrected chi connectivity index (χ0v) is 13.0. The zero-order chi connectivity index (χ0) is 15.6. The predicted octanol–water partition coefficient (Wildman–Crippen LogP) is 1.34. The number of fused-ring (bicyclic) bond motifs is 1. The van der Waals surface area contributed by atoms with E-state index in [1.54, 1.807) is 0 Å². The van der Waals surface area contributed by atoms with Gasteiger partial charge >= 0.3 is 6.02 Å². The van der Waals surface area contributed by atoms with Crippen LogP contribution in [-0.2, 0) is 14.8 Å². The highest BCUT2D eigenvalue weighted by atomic mass is 32.2. The second kappa shape index (κ2) is 6.26. The molecule has 1 heterocycles. The number of amidine groups is 1. The summed E-state index contributed by atoms with van der Waals surface area (Å²) in [6.07, 6.45) is 2.84. The summed E-state index contributed by atoms with van der Waals surface area (Å²) < 4.78 is 34.0. The highest BCUT2D eigenvalue weighted by molar-refractivity contribution is 7.91. The molecule has 22 heavy (non-hydrogen) atoms. The Balaban J connectivity index is 1.81. The zero-order valence-electron chi connectivity index (χ0n) is 12.2. The fraction of sp³-hybridized carbons (Fsp3) is 0.533. The minimum Gasteiger partial charge on any atom is -0.460 e. The average Bonchev–Trinajstić information content (AvgIpc) is 2.53. The van der Waals surface area contributed by atoms with Gasteiger partial charge in [0.15, 0.2) is 0 Å². The molecule has 2 N–H and O–H groups in total. The predicted molar refractivity (Wildman–Crippen MR) is 82.9 cm³/mol. The Bertz CT molecular complexity index is 645. The first-order valence-electron chi connectivity index (χ1n) is 7.53. The van der Waals surface area contributed by atoms with Crippen LogP contribution in [0.5, 0.6) is 0 Å². The van der Waals surface area contributed by atoms with E-state index >= 15 is 0 Å². The second-order valence-corrected chi connectivity index (χ2v) is 7.50. The van der Waals surface area contributed by atoms with E-state index in [0.29, 0.717) is 6.42 Å². The standard InChI is InChI=1S/C15H20N2O4S/c18-10-12(11-6-2-1-3-7-11)16-15-17-22(19,20)14-9-5-4-8-13(14)21-15/h1-3,6-7,12-14,18H,4-5,8-10H2,(H,16,17)/t12-,13?,14?/m1/s1. The molecule has 1 saturated carbocycles. The Morgan fingerprint density at radius 1 is 1.27 bits per heavy atom. The molecular formula is C15H20N2O4S. The summed E-state index contributed by atoms with van der Waals surface area (Å²) in [4.78, 5) is 0. The van der Waals surface area contributed by atoms with Gasteiger partial charge in [0.05, 0.1) is 12.6 Å². The van der Waals surface area contributed by atoms with Gasteiger partial charge in [-0.2, -0.15) is 0 Å². The molecule has 1 aromatic carbocycles. The Kier molecular flexibility index (Phi) is 4.35. The van der Waals surface area contributed by atoms with Gasteiger partial charge in [-0.15, -0.1) is 4.40 Å². The monoisotopic (exact) mass is 324 g/mol. The number of hydrogen-bond donors (Lipinski definition) is 2. The van der Waals surface area contributed by atoms with Crippen molar-refractivity contribution in [3.8, 4) is 0 Å². The normalized spacial score (nSPS) is 28.0. The molecule has 0 saturated heterocycles. The topological polar surface area (TPSA) is 88.0 Å². The van der Waals surface area contributed by atoms with E-state index in [9.17, 15) is 13.5 Å². The summed E-state index contributed by atoms with van der Waals surface area (Å²) in [5.74, 6) is 0. The van der Waals surface area contributed by atoms with E-state index in [0.717, 1.165) is 24.8 Å². The number of rotatable bonds is 3. The lowest BCUT2D eigenvalue weighted by Crippen LogP contribution is -2.47. The van der Waals surface area contributed by atoms with Crippen LogP contribution in [0.3, 0.4) is 0 Å². The van der Waals surface area contributed by atoms with Gasteiger partial charge in [0.25, 0.3) is 10.0 Å². The number of hydrogen-bond acceptors (Lipinski definition) is 5. The number of ether oxygens (including phenoxy) is 1. The fourth-order valence-corrected chi connectivity index (χ4v) is 4.52. The second-order valence-electron chi connectivity index (χ2n) is 5.68. The maximum atomic E-state index is 12.3. The molecule has 1 aromatic rings. The van der Waals surface area contributed by atoms with E-state index in [1.807, 2.05) is 30.3 Å². The molecule has 3 atom stereocenters. The van der Waals surface area contributed by atoms with Crippen LogP contribution in [-0.4, -0.2) is 37.5 Å². The van der Waals surface area contributed by atoms with E-state index in [2.05, 4.69) is 9.71 Å². The van der Waals surface area contributed by atoms with Crippen molar-refractivity contribution >= 4 is 16.0 Å². The molecule has 1 aliphatic heterocycles. The van der Waals surface area contributed by atoms with Gasteiger partial charge in [-0.05, 0) is 24.8 Å². The molecule has 0 radical (unpaired) electrons. The molecule has 2 aliphatic rings. The third-order valence-corrected chi connectivity index (χ3v) is 5.90. The maximum absolute atomic E-state index is 12.3. The van der Waals surface area contributed by atoms with Crippen LogP contribution >= 0.6 is 0 Å². The van der Waals surface area contributed by atoms with Gasteiger partial charge in [0.2, 0.25) is 0 Å². The maximum Gasteiger partial charge on any atom is 0.301 e. The molecule has 7 heteroatoms. The minimum absolute atomic E-state index is 0.00828. The van der Waals surface area contributed by atoms with Crippen molar-refractivity contribution in [1.82, 2.24) is 5.32 Å². The molecule has 6 nitrogen and oxygen atoms in total. The van der Waals surface area contributed by atoms with Crippen molar-refractivity contribution in [3.05, 3.63) is 35.9 Å². The Hall–Kier alpha value is -1.60. The minimum atomic E-state index is -3.55. The molecule has 0 aromatic heterocycles. The first-order chi connectivity index (χ1) is 10.6.